The molecule has 2 aromatic rings. The zero-order valence-electron chi connectivity index (χ0n) is 17.4. The van der Waals surface area contributed by atoms with Gasteiger partial charge in [-0.3, -0.25) is 9.69 Å². The zero-order chi connectivity index (χ0) is 21.6. The Bertz CT molecular complexity index is 954. The lowest BCUT2D eigenvalue weighted by molar-refractivity contribution is -0.127. The standard InChI is InChI=1S/C23H29N3O3S/c1-19(22-11-7-4-8-12-22)24-23(27)20(2)25-14-16-26(17-15-25)30(28,29)18-13-21-9-5-3-6-10-21/h3-13,18-20H,14-17H2,1-2H3,(H,24,27)/b18-13+. The maximum absolute atomic E-state index is 12.7. The molecule has 6 nitrogen and oxygen atoms in total. The quantitative estimate of drug-likeness (QED) is 0.738. The van der Waals surface area contributed by atoms with Crippen LogP contribution in [0.25, 0.3) is 6.08 Å². The molecular formula is C23H29N3O3S. The summed E-state index contributed by atoms with van der Waals surface area (Å²) >= 11 is 0. The summed E-state index contributed by atoms with van der Waals surface area (Å²) in [7, 11) is -3.48. The van der Waals surface area contributed by atoms with Gasteiger partial charge in [0.25, 0.3) is 0 Å². The van der Waals surface area contributed by atoms with Gasteiger partial charge in [0.1, 0.15) is 0 Å². The maximum Gasteiger partial charge on any atom is 0.237 e. The molecule has 1 aliphatic rings. The Morgan fingerprint density at radius 1 is 0.933 bits per heavy atom. The lowest BCUT2D eigenvalue weighted by Crippen LogP contribution is -2.54. The summed E-state index contributed by atoms with van der Waals surface area (Å²) in [6, 6.07) is 18.8. The molecule has 0 aliphatic carbocycles. The third-order valence-corrected chi connectivity index (χ3v) is 7.02. The van der Waals surface area contributed by atoms with Gasteiger partial charge in [0, 0.05) is 31.6 Å². The molecule has 1 saturated heterocycles. The molecule has 0 aromatic heterocycles. The molecule has 1 N–H and O–H groups in total. The van der Waals surface area contributed by atoms with Crippen LogP contribution in [0.15, 0.2) is 66.1 Å². The average molecular weight is 428 g/mol. The third kappa shape index (κ3) is 5.78. The lowest BCUT2D eigenvalue weighted by Gasteiger charge is -2.36. The van der Waals surface area contributed by atoms with E-state index in [1.165, 1.54) is 9.71 Å². The first-order valence-electron chi connectivity index (χ1n) is 10.2. The van der Waals surface area contributed by atoms with Gasteiger partial charge in [0.15, 0.2) is 0 Å². The highest BCUT2D eigenvalue weighted by molar-refractivity contribution is 7.92. The van der Waals surface area contributed by atoms with Gasteiger partial charge in [0.05, 0.1) is 12.1 Å². The molecule has 0 spiro atoms. The Morgan fingerprint density at radius 3 is 2.10 bits per heavy atom. The lowest BCUT2D eigenvalue weighted by atomic mass is 10.1. The number of sulfonamides is 1. The highest BCUT2D eigenvalue weighted by atomic mass is 32.2. The van der Waals surface area contributed by atoms with Crippen molar-refractivity contribution in [3.05, 3.63) is 77.2 Å². The Labute approximate surface area is 179 Å². The fourth-order valence-electron chi connectivity index (χ4n) is 3.48. The average Bonchev–Trinajstić information content (AvgIpc) is 2.78. The summed E-state index contributed by atoms with van der Waals surface area (Å²) < 4.78 is 26.7. The first-order valence-corrected chi connectivity index (χ1v) is 11.7. The van der Waals surface area contributed by atoms with Crippen molar-refractivity contribution >= 4 is 22.0 Å². The first kappa shape index (κ1) is 22.2. The number of nitrogens with one attached hydrogen (secondary N) is 1. The second kappa shape index (κ2) is 10.0. The van der Waals surface area contributed by atoms with E-state index in [0.29, 0.717) is 26.2 Å². The molecule has 0 bridgehead atoms. The molecule has 160 valence electrons. The molecule has 30 heavy (non-hydrogen) atoms. The van der Waals surface area contributed by atoms with Crippen molar-refractivity contribution in [2.45, 2.75) is 25.9 Å². The van der Waals surface area contributed by atoms with Gasteiger partial charge in [-0.05, 0) is 31.1 Å². The SMILES string of the molecule is CC(NC(=O)C(C)N1CCN(S(=O)(=O)/C=C/c2ccccc2)CC1)c1ccccc1. The van der Waals surface area contributed by atoms with E-state index in [1.807, 2.05) is 79.4 Å². The number of carbonyl (C=O) groups is 1. The van der Waals surface area contributed by atoms with Crippen LogP contribution in [-0.2, 0) is 14.8 Å². The van der Waals surface area contributed by atoms with Crippen LogP contribution >= 0.6 is 0 Å². The number of amides is 1. The van der Waals surface area contributed by atoms with Crippen LogP contribution in [0.2, 0.25) is 0 Å². The normalized spacial score (nSPS) is 18.2. The van der Waals surface area contributed by atoms with E-state index in [0.717, 1.165) is 11.1 Å². The van der Waals surface area contributed by atoms with E-state index in [-0.39, 0.29) is 18.0 Å². The monoisotopic (exact) mass is 427 g/mol. The summed E-state index contributed by atoms with van der Waals surface area (Å²) in [6.07, 6.45) is 1.61. The summed E-state index contributed by atoms with van der Waals surface area (Å²) in [5.41, 5.74) is 1.90. The zero-order valence-corrected chi connectivity index (χ0v) is 18.3. The van der Waals surface area contributed by atoms with Gasteiger partial charge >= 0.3 is 0 Å². The predicted molar refractivity (Wildman–Crippen MR) is 120 cm³/mol. The number of rotatable bonds is 7. The van der Waals surface area contributed by atoms with Gasteiger partial charge in [-0.25, -0.2) is 8.42 Å². The number of hydrogen-bond acceptors (Lipinski definition) is 4. The summed E-state index contributed by atoms with van der Waals surface area (Å²) in [5.74, 6) is -0.0494. The van der Waals surface area contributed by atoms with Crippen molar-refractivity contribution in [1.82, 2.24) is 14.5 Å². The molecule has 3 rings (SSSR count). The Kier molecular flexibility index (Phi) is 7.42. The van der Waals surface area contributed by atoms with Crippen molar-refractivity contribution in [2.75, 3.05) is 26.2 Å². The van der Waals surface area contributed by atoms with E-state index in [2.05, 4.69) is 5.32 Å². The molecule has 2 aromatic carbocycles. The molecule has 0 saturated carbocycles. The van der Waals surface area contributed by atoms with Gasteiger partial charge in [0.2, 0.25) is 15.9 Å². The minimum absolute atomic E-state index is 0.0494. The molecule has 1 aliphatic heterocycles. The van der Waals surface area contributed by atoms with Crippen molar-refractivity contribution in [1.29, 1.82) is 0 Å². The predicted octanol–water partition coefficient (Wildman–Crippen LogP) is 2.87. The minimum atomic E-state index is -3.48. The van der Waals surface area contributed by atoms with Crippen LogP contribution in [0.1, 0.15) is 31.0 Å². The Morgan fingerprint density at radius 2 is 1.50 bits per heavy atom. The fraction of sp³-hybridized carbons (Fsp3) is 0.348. The third-order valence-electron chi connectivity index (χ3n) is 5.45. The summed E-state index contributed by atoms with van der Waals surface area (Å²) in [4.78, 5) is 14.7. The van der Waals surface area contributed by atoms with Crippen LogP contribution in [0, 0.1) is 0 Å². The molecule has 2 unspecified atom stereocenters. The van der Waals surface area contributed by atoms with E-state index < -0.39 is 10.0 Å². The number of hydrogen-bond donors (Lipinski definition) is 1. The number of nitrogens with zero attached hydrogens (tertiary/aromatic N) is 2. The smallest absolute Gasteiger partial charge is 0.237 e. The largest absolute Gasteiger partial charge is 0.348 e. The highest BCUT2D eigenvalue weighted by Gasteiger charge is 2.30. The fourth-order valence-corrected chi connectivity index (χ4v) is 4.66. The molecule has 1 heterocycles. The number of benzene rings is 2. The van der Waals surface area contributed by atoms with Gasteiger partial charge in [-0.1, -0.05) is 60.7 Å². The highest BCUT2D eigenvalue weighted by Crippen LogP contribution is 2.15. The summed E-state index contributed by atoms with van der Waals surface area (Å²) in [5, 5.41) is 4.31. The van der Waals surface area contributed by atoms with Crippen molar-refractivity contribution in [3.63, 3.8) is 0 Å². The van der Waals surface area contributed by atoms with Gasteiger partial charge < -0.3 is 5.32 Å². The van der Waals surface area contributed by atoms with Crippen molar-refractivity contribution in [3.8, 4) is 0 Å². The van der Waals surface area contributed by atoms with Crippen molar-refractivity contribution < 1.29 is 13.2 Å². The Balaban J connectivity index is 1.53. The van der Waals surface area contributed by atoms with E-state index >= 15 is 0 Å². The molecule has 1 amide bonds. The van der Waals surface area contributed by atoms with Crippen molar-refractivity contribution in [2.24, 2.45) is 0 Å². The minimum Gasteiger partial charge on any atom is -0.348 e. The number of carbonyl (C=O) groups excluding carboxylic acids is 1. The molecule has 7 heteroatoms. The van der Waals surface area contributed by atoms with Gasteiger partial charge in [-0.2, -0.15) is 4.31 Å². The van der Waals surface area contributed by atoms with E-state index in [9.17, 15) is 13.2 Å². The first-order chi connectivity index (χ1) is 14.4. The van der Waals surface area contributed by atoms with E-state index in [1.54, 1.807) is 6.08 Å². The van der Waals surface area contributed by atoms with Gasteiger partial charge in [-0.15, -0.1) is 0 Å². The molecule has 1 fully saturated rings. The van der Waals surface area contributed by atoms with Crippen LogP contribution in [-0.4, -0.2) is 55.8 Å². The molecule has 0 radical (unpaired) electrons. The van der Waals surface area contributed by atoms with Crippen LogP contribution in [0.3, 0.4) is 0 Å². The Hall–Kier alpha value is -2.48. The second-order valence-corrected chi connectivity index (χ2v) is 9.33. The van der Waals surface area contributed by atoms with Crippen LogP contribution in [0.5, 0.6) is 0 Å². The van der Waals surface area contributed by atoms with Crippen LogP contribution < -0.4 is 5.32 Å². The maximum atomic E-state index is 12.7. The molecular weight excluding hydrogens is 398 g/mol. The summed E-state index contributed by atoms with van der Waals surface area (Å²) in [6.45, 7) is 5.61. The second-order valence-electron chi connectivity index (χ2n) is 7.51. The van der Waals surface area contributed by atoms with E-state index in [4.69, 9.17) is 0 Å². The molecule has 2 atom stereocenters. The topological polar surface area (TPSA) is 69.7 Å². The number of piperazine rings is 1. The van der Waals surface area contributed by atoms with Crippen LogP contribution in [0.4, 0.5) is 0 Å².